The van der Waals surface area contributed by atoms with Crippen molar-refractivity contribution >= 4 is 21.4 Å². The van der Waals surface area contributed by atoms with Crippen LogP contribution in [0.2, 0.25) is 0 Å². The number of amides is 1. The smallest absolute Gasteiger partial charge is 0.274 e. The van der Waals surface area contributed by atoms with Crippen LogP contribution in [0.4, 0.5) is 0 Å². The Morgan fingerprint density at radius 2 is 1.75 bits per heavy atom. The zero-order chi connectivity index (χ0) is 28.2. The van der Waals surface area contributed by atoms with E-state index in [0.717, 1.165) is 53.3 Å². The van der Waals surface area contributed by atoms with Gasteiger partial charge in [-0.1, -0.05) is 24.3 Å². The molecule has 1 aromatic carbocycles. The van der Waals surface area contributed by atoms with Crippen molar-refractivity contribution in [1.82, 2.24) is 29.7 Å². The zero-order valence-electron chi connectivity index (χ0n) is 23.0. The molecule has 2 atom stereocenters. The third-order valence-corrected chi connectivity index (χ3v) is 9.55. The van der Waals surface area contributed by atoms with Crippen LogP contribution in [0.15, 0.2) is 42.5 Å². The van der Waals surface area contributed by atoms with Gasteiger partial charge in [0.05, 0.1) is 34.1 Å². The van der Waals surface area contributed by atoms with Crippen molar-refractivity contribution in [2.45, 2.75) is 57.3 Å². The molecule has 1 amide bonds. The lowest BCUT2D eigenvalue weighted by Gasteiger charge is -2.37. The van der Waals surface area contributed by atoms with Gasteiger partial charge >= 0.3 is 0 Å². The van der Waals surface area contributed by atoms with Gasteiger partial charge in [-0.3, -0.25) is 4.79 Å². The second kappa shape index (κ2) is 9.96. The van der Waals surface area contributed by atoms with Gasteiger partial charge in [0.1, 0.15) is 0 Å². The summed E-state index contributed by atoms with van der Waals surface area (Å²) < 4.78 is 31.5. The number of carbonyl (C=O) groups is 1. The highest BCUT2D eigenvalue weighted by atomic mass is 32.2. The molecular weight excluding hydrogens is 528 g/mol. The van der Waals surface area contributed by atoms with Crippen molar-refractivity contribution in [3.8, 4) is 17.0 Å². The van der Waals surface area contributed by atoms with E-state index in [-0.39, 0.29) is 30.8 Å². The Hall–Kier alpha value is -3.86. The Balaban J connectivity index is 1.08. The molecule has 1 saturated heterocycles. The van der Waals surface area contributed by atoms with E-state index in [9.17, 15) is 13.2 Å². The summed E-state index contributed by atoms with van der Waals surface area (Å²) in [6.07, 6.45) is 4.27. The normalized spacial score (nSPS) is 19.6. The van der Waals surface area contributed by atoms with Crippen molar-refractivity contribution in [3.05, 3.63) is 70.8 Å². The first-order valence-electron chi connectivity index (χ1n) is 13.5. The van der Waals surface area contributed by atoms with Crippen LogP contribution in [-0.2, 0) is 9.84 Å². The van der Waals surface area contributed by atoms with Crippen LogP contribution in [0, 0.1) is 20.8 Å². The number of rotatable bonds is 6. The van der Waals surface area contributed by atoms with Gasteiger partial charge in [0, 0.05) is 31.0 Å². The van der Waals surface area contributed by atoms with Crippen LogP contribution in [0.5, 0.6) is 5.75 Å². The molecule has 0 N–H and O–H groups in total. The Morgan fingerprint density at radius 1 is 1.00 bits per heavy atom. The molecule has 0 spiro atoms. The maximum absolute atomic E-state index is 12.6. The molecular formula is C29H32N6O4S. The van der Waals surface area contributed by atoms with Gasteiger partial charge in [-0.2, -0.15) is 5.10 Å². The van der Waals surface area contributed by atoms with Gasteiger partial charge in [-0.15, -0.1) is 10.2 Å². The van der Waals surface area contributed by atoms with E-state index in [2.05, 4.69) is 32.4 Å². The fourth-order valence-corrected chi connectivity index (χ4v) is 6.54. The summed E-state index contributed by atoms with van der Waals surface area (Å²) in [5.41, 5.74) is 6.70. The Labute approximate surface area is 233 Å². The monoisotopic (exact) mass is 560 g/mol. The number of ether oxygens (including phenoxy) is 1. The molecule has 3 aromatic heterocycles. The number of benzene rings is 1. The zero-order valence-corrected chi connectivity index (χ0v) is 23.9. The molecule has 10 nitrogen and oxygen atoms in total. The number of nitrogens with zero attached hydrogens (tertiary/aromatic N) is 6. The van der Waals surface area contributed by atoms with Crippen LogP contribution in [0.3, 0.4) is 0 Å². The van der Waals surface area contributed by atoms with E-state index < -0.39 is 15.1 Å². The van der Waals surface area contributed by atoms with Crippen LogP contribution in [0.25, 0.3) is 16.9 Å². The van der Waals surface area contributed by atoms with E-state index in [1.165, 1.54) is 16.7 Å². The molecule has 0 bridgehead atoms. The quantitative estimate of drug-likeness (QED) is 0.350. The van der Waals surface area contributed by atoms with Crippen LogP contribution < -0.4 is 4.74 Å². The second-order valence-electron chi connectivity index (χ2n) is 11.0. The molecule has 1 aliphatic carbocycles. The molecule has 208 valence electrons. The van der Waals surface area contributed by atoms with E-state index in [4.69, 9.17) is 4.74 Å². The number of likely N-dealkylation sites (tertiary alicyclic amines) is 1. The molecule has 0 radical (unpaired) electrons. The molecule has 1 unspecified atom stereocenters. The van der Waals surface area contributed by atoms with Crippen LogP contribution in [0.1, 0.15) is 58.3 Å². The summed E-state index contributed by atoms with van der Waals surface area (Å²) in [6, 6.07) is 13.7. The molecule has 2 aliphatic rings. The van der Waals surface area contributed by atoms with Crippen molar-refractivity contribution in [2.75, 3.05) is 19.3 Å². The highest BCUT2D eigenvalue weighted by Crippen LogP contribution is 2.38. The summed E-state index contributed by atoms with van der Waals surface area (Å²) >= 11 is 0. The number of fused-ring (bicyclic) bond motifs is 1. The maximum Gasteiger partial charge on any atom is 0.274 e. The predicted octanol–water partition coefficient (Wildman–Crippen LogP) is 3.70. The van der Waals surface area contributed by atoms with Crippen molar-refractivity contribution in [1.29, 1.82) is 0 Å². The number of sulfone groups is 1. The first kappa shape index (κ1) is 26.4. The van der Waals surface area contributed by atoms with E-state index in [1.807, 2.05) is 43.5 Å². The average molecular weight is 561 g/mol. The fourth-order valence-electron chi connectivity index (χ4n) is 5.64. The predicted molar refractivity (Wildman–Crippen MR) is 150 cm³/mol. The van der Waals surface area contributed by atoms with Gasteiger partial charge in [-0.25, -0.2) is 17.9 Å². The lowest BCUT2D eigenvalue weighted by molar-refractivity contribution is 0.0652. The van der Waals surface area contributed by atoms with Crippen LogP contribution >= 0.6 is 0 Å². The lowest BCUT2D eigenvalue weighted by atomic mass is 9.96. The summed E-state index contributed by atoms with van der Waals surface area (Å²) in [6.45, 7) is 6.38. The second-order valence-corrected chi connectivity index (χ2v) is 13.3. The van der Waals surface area contributed by atoms with Gasteiger partial charge in [-0.05, 0) is 63.6 Å². The number of aromatic nitrogens is 5. The van der Waals surface area contributed by atoms with E-state index in [1.54, 1.807) is 12.1 Å². The molecule has 2 fully saturated rings. The number of aryl methyl sites for hydroxylation is 3. The minimum Gasteiger partial charge on any atom is -0.487 e. The standard InChI is InChI=1S/C29H32N6O4S/c1-17-13-27-30-18(2)28(19(3)35(27)33-17)39-23-10-9-22(14-23)20-5-7-21(8-6-20)25-11-12-26(32-31-25)29(36)34-15-24(16-34)40(4,37)38/h5-8,11-13,22-24H,9-10,14-16H2,1-4H3/t22?,23-/m1/s1. The maximum atomic E-state index is 12.6. The lowest BCUT2D eigenvalue weighted by Crippen LogP contribution is -2.56. The fraction of sp³-hybridized carbons (Fsp3) is 0.414. The number of hydrogen-bond donors (Lipinski definition) is 0. The SMILES string of the molecule is Cc1cc2nc(C)c(O[C@@H]3CCC(c4ccc(-c5ccc(C(=O)N6CC(S(C)(=O)=O)C6)nn5)cc4)C3)c(C)n2n1. The Bertz CT molecular complexity index is 1690. The molecule has 1 saturated carbocycles. The van der Waals surface area contributed by atoms with Gasteiger partial charge < -0.3 is 9.64 Å². The Kier molecular flexibility index (Phi) is 6.56. The molecule has 1 aliphatic heterocycles. The van der Waals surface area contributed by atoms with Crippen molar-refractivity contribution in [2.24, 2.45) is 0 Å². The van der Waals surface area contributed by atoms with Crippen LogP contribution in [-0.4, -0.2) is 74.7 Å². The largest absolute Gasteiger partial charge is 0.487 e. The first-order valence-corrected chi connectivity index (χ1v) is 15.4. The highest BCUT2D eigenvalue weighted by Gasteiger charge is 2.38. The topological polar surface area (TPSA) is 120 Å². The van der Waals surface area contributed by atoms with E-state index >= 15 is 0 Å². The summed E-state index contributed by atoms with van der Waals surface area (Å²) in [7, 11) is -3.14. The summed E-state index contributed by atoms with van der Waals surface area (Å²) in [4.78, 5) is 18.8. The van der Waals surface area contributed by atoms with E-state index in [0.29, 0.717) is 11.6 Å². The molecule has 6 rings (SSSR count). The highest BCUT2D eigenvalue weighted by molar-refractivity contribution is 7.91. The Morgan fingerprint density at radius 3 is 2.42 bits per heavy atom. The molecule has 11 heteroatoms. The summed E-state index contributed by atoms with van der Waals surface area (Å²) in [5, 5.41) is 12.4. The molecule has 4 aromatic rings. The van der Waals surface area contributed by atoms with Crippen molar-refractivity contribution in [3.63, 3.8) is 0 Å². The molecule has 40 heavy (non-hydrogen) atoms. The summed E-state index contributed by atoms with van der Waals surface area (Å²) in [5.74, 6) is 0.927. The molecule has 4 heterocycles. The minimum atomic E-state index is -3.14. The third-order valence-electron chi connectivity index (χ3n) is 8.04. The first-order chi connectivity index (χ1) is 19.1. The average Bonchev–Trinajstić information content (AvgIpc) is 3.51. The minimum absolute atomic E-state index is 0.119. The van der Waals surface area contributed by atoms with Gasteiger partial charge in [0.15, 0.2) is 26.9 Å². The number of carbonyl (C=O) groups excluding carboxylic acids is 1. The van der Waals surface area contributed by atoms with Crippen molar-refractivity contribution < 1.29 is 17.9 Å². The number of hydrogen-bond acceptors (Lipinski definition) is 8. The van der Waals surface area contributed by atoms with Gasteiger partial charge in [0.25, 0.3) is 5.91 Å². The third kappa shape index (κ3) is 4.94. The van der Waals surface area contributed by atoms with Gasteiger partial charge in [0.2, 0.25) is 0 Å².